The van der Waals surface area contributed by atoms with E-state index in [1.807, 2.05) is 44.0 Å². The highest BCUT2D eigenvalue weighted by Crippen LogP contribution is 2.40. The van der Waals surface area contributed by atoms with Crippen LogP contribution in [0.1, 0.15) is 94.9 Å². The zero-order chi connectivity index (χ0) is 32.8. The molecular weight excluding hydrogens is 580 g/mol. The first-order valence-corrected chi connectivity index (χ1v) is 16.9. The number of amides is 1. The highest BCUT2D eigenvalue weighted by atomic mass is 16.5. The van der Waals surface area contributed by atoms with Gasteiger partial charge in [0.05, 0.1) is 38.5 Å². The molecule has 2 aliphatic carbocycles. The molecule has 0 saturated heterocycles. The molecule has 248 valence electrons. The summed E-state index contributed by atoms with van der Waals surface area (Å²) < 4.78 is 18.4. The summed E-state index contributed by atoms with van der Waals surface area (Å²) >= 11 is 0. The highest BCUT2D eigenvalue weighted by Gasteiger charge is 2.33. The molecule has 1 aromatic heterocycles. The molecule has 0 aliphatic heterocycles. The Morgan fingerprint density at radius 3 is 2.30 bits per heavy atom. The Balaban J connectivity index is 1.35. The molecule has 46 heavy (non-hydrogen) atoms. The van der Waals surface area contributed by atoms with Gasteiger partial charge in [0.1, 0.15) is 17.2 Å². The van der Waals surface area contributed by atoms with E-state index in [2.05, 4.69) is 41.5 Å². The number of aromatic nitrogens is 3. The van der Waals surface area contributed by atoms with Crippen LogP contribution < -0.4 is 9.47 Å². The summed E-state index contributed by atoms with van der Waals surface area (Å²) in [5, 5.41) is 8.95. The second kappa shape index (κ2) is 15.1. The van der Waals surface area contributed by atoms with E-state index in [1.165, 1.54) is 5.56 Å². The second-order valence-electron chi connectivity index (χ2n) is 13.4. The van der Waals surface area contributed by atoms with E-state index in [1.54, 1.807) is 18.9 Å². The summed E-state index contributed by atoms with van der Waals surface area (Å²) in [6, 6.07) is 14.3. The Labute approximate surface area is 273 Å². The molecule has 9 heteroatoms. The average molecular weight is 631 g/mol. The van der Waals surface area contributed by atoms with Crippen LogP contribution in [0, 0.1) is 17.8 Å². The van der Waals surface area contributed by atoms with Gasteiger partial charge in [0, 0.05) is 36.7 Å². The van der Waals surface area contributed by atoms with E-state index in [0.717, 1.165) is 73.9 Å². The van der Waals surface area contributed by atoms with Gasteiger partial charge >= 0.3 is 5.97 Å². The Bertz CT molecular complexity index is 1480. The molecule has 2 fully saturated rings. The van der Waals surface area contributed by atoms with Crippen molar-refractivity contribution in [3.8, 4) is 22.8 Å². The SMILES string of the molecule is COc1ccc(CN(Cc2c(-c3ccc([C@@H](C)[C@H]4CCC[C@H](C(=O)OC(C)C)C4)cc3)nnn2C)C(=O)C2CCCC2)c(OC)c1. The molecule has 3 atom stereocenters. The van der Waals surface area contributed by atoms with Crippen LogP contribution in [0.15, 0.2) is 42.5 Å². The molecule has 0 spiro atoms. The van der Waals surface area contributed by atoms with Crippen molar-refractivity contribution in [2.45, 2.75) is 97.2 Å². The van der Waals surface area contributed by atoms with Gasteiger partial charge in [-0.1, -0.05) is 55.7 Å². The molecule has 0 bridgehead atoms. The van der Waals surface area contributed by atoms with Crippen LogP contribution >= 0.6 is 0 Å². The third kappa shape index (κ3) is 7.73. The first kappa shape index (κ1) is 33.5. The van der Waals surface area contributed by atoms with Crippen molar-refractivity contribution >= 4 is 11.9 Å². The molecule has 0 unspecified atom stereocenters. The lowest BCUT2D eigenvalue weighted by Gasteiger charge is -2.32. The molecule has 3 aromatic rings. The lowest BCUT2D eigenvalue weighted by atomic mass is 9.73. The molecular formula is C37H50N4O5. The molecule has 2 aliphatic rings. The third-order valence-electron chi connectivity index (χ3n) is 9.97. The minimum Gasteiger partial charge on any atom is -0.497 e. The number of carbonyl (C=O) groups is 2. The lowest BCUT2D eigenvalue weighted by molar-refractivity contribution is -0.154. The van der Waals surface area contributed by atoms with Crippen LogP contribution in [0.3, 0.4) is 0 Å². The predicted octanol–water partition coefficient (Wildman–Crippen LogP) is 7.08. The van der Waals surface area contributed by atoms with Crippen molar-refractivity contribution in [1.82, 2.24) is 19.9 Å². The quantitative estimate of drug-likeness (QED) is 0.197. The van der Waals surface area contributed by atoms with Gasteiger partial charge in [-0.15, -0.1) is 5.10 Å². The molecule has 5 rings (SSSR count). The Hall–Kier alpha value is -3.88. The second-order valence-corrected chi connectivity index (χ2v) is 13.4. The first-order valence-electron chi connectivity index (χ1n) is 16.9. The number of nitrogens with zero attached hydrogens (tertiary/aromatic N) is 4. The van der Waals surface area contributed by atoms with Crippen molar-refractivity contribution in [3.63, 3.8) is 0 Å². The molecule has 2 saturated carbocycles. The molecule has 1 amide bonds. The van der Waals surface area contributed by atoms with Gasteiger partial charge in [0.2, 0.25) is 5.91 Å². The number of carbonyl (C=O) groups excluding carboxylic acids is 2. The van der Waals surface area contributed by atoms with Gasteiger partial charge in [-0.25, -0.2) is 4.68 Å². The number of ether oxygens (including phenoxy) is 3. The van der Waals surface area contributed by atoms with Gasteiger partial charge in [0.15, 0.2) is 0 Å². The predicted molar refractivity (Wildman–Crippen MR) is 177 cm³/mol. The van der Waals surface area contributed by atoms with Crippen molar-refractivity contribution < 1.29 is 23.8 Å². The zero-order valence-corrected chi connectivity index (χ0v) is 28.3. The van der Waals surface area contributed by atoms with Crippen LogP contribution in [-0.2, 0) is 34.5 Å². The standard InChI is InChI=1S/C37H50N4O5/c1-24(2)46-37(43)30-13-9-12-29(20-30)25(3)26-14-16-27(17-15-26)35-33(40(4)39-38-35)23-41(36(42)28-10-7-8-11-28)22-31-18-19-32(44-5)21-34(31)45-6/h14-19,21,24-25,28-30H,7-13,20,22-23H2,1-6H3/t25-,29+,30+/m1/s1. The monoisotopic (exact) mass is 630 g/mol. The normalized spacial score (nSPS) is 19.2. The van der Waals surface area contributed by atoms with Crippen LogP contribution in [0.25, 0.3) is 11.3 Å². The summed E-state index contributed by atoms with van der Waals surface area (Å²) in [4.78, 5) is 28.5. The van der Waals surface area contributed by atoms with Crippen molar-refractivity contribution in [2.24, 2.45) is 24.8 Å². The van der Waals surface area contributed by atoms with E-state index < -0.39 is 0 Å². The fraction of sp³-hybridized carbons (Fsp3) is 0.568. The summed E-state index contributed by atoms with van der Waals surface area (Å²) in [5.41, 5.74) is 4.81. The summed E-state index contributed by atoms with van der Waals surface area (Å²) in [7, 11) is 5.16. The van der Waals surface area contributed by atoms with Crippen molar-refractivity contribution in [1.29, 1.82) is 0 Å². The fourth-order valence-corrected chi connectivity index (χ4v) is 7.23. The number of hydrogen-bond donors (Lipinski definition) is 0. The van der Waals surface area contributed by atoms with E-state index in [9.17, 15) is 9.59 Å². The van der Waals surface area contributed by atoms with E-state index >= 15 is 0 Å². The largest absolute Gasteiger partial charge is 0.497 e. The summed E-state index contributed by atoms with van der Waals surface area (Å²) in [5.74, 6) is 2.28. The minimum absolute atomic E-state index is 0.0159. The van der Waals surface area contributed by atoms with Crippen LogP contribution in [0.4, 0.5) is 0 Å². The molecule has 9 nitrogen and oxygen atoms in total. The number of hydrogen-bond acceptors (Lipinski definition) is 7. The third-order valence-corrected chi connectivity index (χ3v) is 9.97. The summed E-state index contributed by atoms with van der Waals surface area (Å²) in [6.45, 7) is 6.89. The average Bonchev–Trinajstić information content (AvgIpc) is 3.74. The number of esters is 1. The lowest BCUT2D eigenvalue weighted by Crippen LogP contribution is -2.35. The molecule has 0 radical (unpaired) electrons. The van der Waals surface area contributed by atoms with Gasteiger partial charge in [0.25, 0.3) is 0 Å². The topological polar surface area (TPSA) is 95.8 Å². The molecule has 1 heterocycles. The van der Waals surface area contributed by atoms with Crippen LogP contribution in [-0.4, -0.2) is 52.1 Å². The maximum Gasteiger partial charge on any atom is 0.309 e. The van der Waals surface area contributed by atoms with Gasteiger partial charge in [-0.2, -0.15) is 0 Å². The maximum absolute atomic E-state index is 13.9. The summed E-state index contributed by atoms with van der Waals surface area (Å²) in [6.07, 6.45) is 7.88. The molecule has 0 N–H and O–H groups in total. The smallest absolute Gasteiger partial charge is 0.309 e. The van der Waals surface area contributed by atoms with Gasteiger partial charge in [-0.3, -0.25) is 9.59 Å². The van der Waals surface area contributed by atoms with E-state index in [4.69, 9.17) is 14.2 Å². The fourth-order valence-electron chi connectivity index (χ4n) is 7.23. The van der Waals surface area contributed by atoms with Gasteiger partial charge in [-0.05, 0) is 75.5 Å². The van der Waals surface area contributed by atoms with Crippen molar-refractivity contribution in [2.75, 3.05) is 14.2 Å². The number of benzene rings is 2. The van der Waals surface area contributed by atoms with E-state index in [0.29, 0.717) is 36.4 Å². The number of aryl methyl sites for hydroxylation is 1. The van der Waals surface area contributed by atoms with Gasteiger partial charge < -0.3 is 19.1 Å². The van der Waals surface area contributed by atoms with Crippen molar-refractivity contribution in [3.05, 3.63) is 59.3 Å². The molecule has 2 aromatic carbocycles. The number of methoxy groups -OCH3 is 2. The van der Waals surface area contributed by atoms with Crippen LogP contribution in [0.5, 0.6) is 11.5 Å². The van der Waals surface area contributed by atoms with E-state index in [-0.39, 0.29) is 29.8 Å². The number of rotatable bonds is 12. The maximum atomic E-state index is 13.9. The zero-order valence-electron chi connectivity index (χ0n) is 28.3. The Morgan fingerprint density at radius 1 is 0.913 bits per heavy atom. The highest BCUT2D eigenvalue weighted by molar-refractivity contribution is 5.79. The van der Waals surface area contributed by atoms with Crippen LogP contribution in [0.2, 0.25) is 0 Å². The Kier molecular flexibility index (Phi) is 11.0. The Morgan fingerprint density at radius 2 is 1.63 bits per heavy atom. The minimum atomic E-state index is -0.0815. The first-order chi connectivity index (χ1) is 22.2.